The van der Waals surface area contributed by atoms with E-state index >= 15 is 0 Å². The van der Waals surface area contributed by atoms with Gasteiger partial charge in [-0.1, -0.05) is 19.4 Å². The molecule has 3 nitrogen and oxygen atoms in total. The maximum absolute atomic E-state index is 8.98. The Morgan fingerprint density at radius 1 is 1.67 bits per heavy atom. The molecule has 1 saturated carbocycles. The highest BCUT2D eigenvalue weighted by atomic mass is 16.3. The average Bonchev–Trinajstić information content (AvgIpc) is 2.48. The Morgan fingerprint density at radius 2 is 2.40 bits per heavy atom. The van der Waals surface area contributed by atoms with Gasteiger partial charge < -0.3 is 10.8 Å². The molecule has 15 heavy (non-hydrogen) atoms. The van der Waals surface area contributed by atoms with Crippen LogP contribution in [0.5, 0.6) is 0 Å². The number of hydrogen-bond acceptors (Lipinski definition) is 3. The van der Waals surface area contributed by atoms with E-state index in [4.69, 9.17) is 10.8 Å². The normalized spacial score (nSPS) is 31.1. The summed E-state index contributed by atoms with van der Waals surface area (Å²) in [4.78, 5) is 2.23. The first kappa shape index (κ1) is 12.7. The third-order valence-electron chi connectivity index (χ3n) is 3.55. The lowest BCUT2D eigenvalue weighted by Gasteiger charge is -2.34. The van der Waals surface area contributed by atoms with Crippen molar-refractivity contribution in [2.45, 2.75) is 32.2 Å². The van der Waals surface area contributed by atoms with E-state index in [1.54, 1.807) is 0 Å². The van der Waals surface area contributed by atoms with Crippen LogP contribution in [-0.2, 0) is 0 Å². The van der Waals surface area contributed by atoms with E-state index in [1.807, 2.05) is 6.08 Å². The molecule has 0 radical (unpaired) electrons. The minimum absolute atomic E-state index is 0.207. The molecule has 88 valence electrons. The average molecular weight is 212 g/mol. The molecule has 0 aromatic rings. The first-order valence-electron chi connectivity index (χ1n) is 5.82. The van der Waals surface area contributed by atoms with Crippen molar-refractivity contribution in [2.75, 3.05) is 26.2 Å². The van der Waals surface area contributed by atoms with Gasteiger partial charge in [0, 0.05) is 25.7 Å². The number of nitrogens with two attached hydrogens (primary N) is 1. The number of rotatable bonds is 6. The van der Waals surface area contributed by atoms with Crippen LogP contribution < -0.4 is 5.73 Å². The van der Waals surface area contributed by atoms with Gasteiger partial charge in [-0.05, 0) is 18.3 Å². The zero-order chi connectivity index (χ0) is 11.3. The van der Waals surface area contributed by atoms with Crippen molar-refractivity contribution < 1.29 is 5.11 Å². The van der Waals surface area contributed by atoms with Gasteiger partial charge in [-0.15, -0.1) is 6.58 Å². The maximum atomic E-state index is 8.98. The molecule has 1 aliphatic carbocycles. The van der Waals surface area contributed by atoms with E-state index in [2.05, 4.69) is 18.4 Å². The summed E-state index contributed by atoms with van der Waals surface area (Å²) in [7, 11) is 0. The Bertz CT molecular complexity index is 208. The lowest BCUT2D eigenvalue weighted by Crippen LogP contribution is -2.45. The fourth-order valence-corrected chi connectivity index (χ4v) is 2.53. The Morgan fingerprint density at radius 3 is 2.87 bits per heavy atom. The SMILES string of the molecule is C=CCN(CCO)CC1(C)CCCC1N. The van der Waals surface area contributed by atoms with Crippen LogP contribution in [0.15, 0.2) is 12.7 Å². The van der Waals surface area contributed by atoms with Crippen LogP contribution in [0.25, 0.3) is 0 Å². The van der Waals surface area contributed by atoms with E-state index in [-0.39, 0.29) is 12.0 Å². The topological polar surface area (TPSA) is 49.5 Å². The summed E-state index contributed by atoms with van der Waals surface area (Å²) in [5.74, 6) is 0. The highest BCUT2D eigenvalue weighted by Gasteiger charge is 2.37. The summed E-state index contributed by atoms with van der Waals surface area (Å²) < 4.78 is 0. The predicted octanol–water partition coefficient (Wildman–Crippen LogP) is 0.984. The first-order chi connectivity index (χ1) is 7.12. The molecule has 0 heterocycles. The van der Waals surface area contributed by atoms with Gasteiger partial charge in [-0.25, -0.2) is 0 Å². The number of nitrogens with zero attached hydrogens (tertiary/aromatic N) is 1. The molecule has 2 atom stereocenters. The summed E-state index contributed by atoms with van der Waals surface area (Å²) in [6, 6.07) is 0.309. The van der Waals surface area contributed by atoms with Crippen molar-refractivity contribution in [2.24, 2.45) is 11.1 Å². The van der Waals surface area contributed by atoms with Gasteiger partial charge in [0.05, 0.1) is 6.61 Å². The maximum Gasteiger partial charge on any atom is 0.0558 e. The second-order valence-corrected chi connectivity index (χ2v) is 4.90. The highest BCUT2D eigenvalue weighted by Crippen LogP contribution is 2.37. The van der Waals surface area contributed by atoms with Crippen molar-refractivity contribution in [1.29, 1.82) is 0 Å². The fourth-order valence-electron chi connectivity index (χ4n) is 2.53. The predicted molar refractivity (Wildman–Crippen MR) is 63.7 cm³/mol. The zero-order valence-corrected chi connectivity index (χ0v) is 9.78. The first-order valence-corrected chi connectivity index (χ1v) is 5.82. The molecule has 3 N–H and O–H groups in total. The van der Waals surface area contributed by atoms with Crippen molar-refractivity contribution in [1.82, 2.24) is 4.90 Å². The molecular weight excluding hydrogens is 188 g/mol. The molecular formula is C12H24N2O. The number of hydrogen-bond donors (Lipinski definition) is 2. The van der Waals surface area contributed by atoms with Gasteiger partial charge in [-0.3, -0.25) is 4.90 Å². The van der Waals surface area contributed by atoms with E-state index in [1.165, 1.54) is 12.8 Å². The quantitative estimate of drug-likeness (QED) is 0.645. The van der Waals surface area contributed by atoms with Gasteiger partial charge in [0.2, 0.25) is 0 Å². The Hall–Kier alpha value is -0.380. The van der Waals surface area contributed by atoms with Crippen LogP contribution in [0.4, 0.5) is 0 Å². The molecule has 0 spiro atoms. The molecule has 0 amide bonds. The Kier molecular flexibility index (Phi) is 4.77. The molecule has 1 fully saturated rings. The highest BCUT2D eigenvalue weighted by molar-refractivity contribution is 4.94. The largest absolute Gasteiger partial charge is 0.395 e. The molecule has 0 aromatic carbocycles. The third kappa shape index (κ3) is 3.30. The van der Waals surface area contributed by atoms with Crippen molar-refractivity contribution >= 4 is 0 Å². The number of aliphatic hydroxyl groups excluding tert-OH is 1. The second-order valence-electron chi connectivity index (χ2n) is 4.90. The second kappa shape index (κ2) is 5.64. The van der Waals surface area contributed by atoms with Crippen LogP contribution in [0.3, 0.4) is 0 Å². The summed E-state index contributed by atoms with van der Waals surface area (Å²) in [6.07, 6.45) is 5.46. The summed E-state index contributed by atoms with van der Waals surface area (Å²) in [6.45, 7) is 8.74. The Balaban J connectivity index is 2.51. The van der Waals surface area contributed by atoms with Gasteiger partial charge >= 0.3 is 0 Å². The summed E-state index contributed by atoms with van der Waals surface area (Å²) >= 11 is 0. The van der Waals surface area contributed by atoms with Gasteiger partial charge in [0.15, 0.2) is 0 Å². The molecule has 1 rings (SSSR count). The molecule has 0 aliphatic heterocycles. The fraction of sp³-hybridized carbons (Fsp3) is 0.833. The smallest absolute Gasteiger partial charge is 0.0558 e. The third-order valence-corrected chi connectivity index (χ3v) is 3.55. The minimum atomic E-state index is 0.207. The zero-order valence-electron chi connectivity index (χ0n) is 9.78. The van der Waals surface area contributed by atoms with E-state index < -0.39 is 0 Å². The summed E-state index contributed by atoms with van der Waals surface area (Å²) in [5, 5.41) is 8.98. The lowest BCUT2D eigenvalue weighted by molar-refractivity contribution is 0.138. The van der Waals surface area contributed by atoms with Gasteiger partial charge in [0.25, 0.3) is 0 Å². The van der Waals surface area contributed by atoms with Crippen molar-refractivity contribution in [3.8, 4) is 0 Å². The molecule has 0 bridgehead atoms. The molecule has 3 heteroatoms. The van der Waals surface area contributed by atoms with Crippen molar-refractivity contribution in [3.63, 3.8) is 0 Å². The monoisotopic (exact) mass is 212 g/mol. The van der Waals surface area contributed by atoms with Gasteiger partial charge in [-0.2, -0.15) is 0 Å². The molecule has 2 unspecified atom stereocenters. The molecule has 1 aliphatic rings. The van der Waals surface area contributed by atoms with E-state index in [9.17, 15) is 0 Å². The van der Waals surface area contributed by atoms with Gasteiger partial charge in [0.1, 0.15) is 0 Å². The summed E-state index contributed by atoms with van der Waals surface area (Å²) in [5.41, 5.74) is 6.36. The molecule has 0 aromatic heterocycles. The van der Waals surface area contributed by atoms with Crippen LogP contribution in [0.2, 0.25) is 0 Å². The minimum Gasteiger partial charge on any atom is -0.395 e. The Labute approximate surface area is 93.0 Å². The number of aliphatic hydroxyl groups is 1. The van der Waals surface area contributed by atoms with Crippen LogP contribution in [0.1, 0.15) is 26.2 Å². The van der Waals surface area contributed by atoms with Crippen LogP contribution >= 0.6 is 0 Å². The van der Waals surface area contributed by atoms with Crippen LogP contribution in [-0.4, -0.2) is 42.3 Å². The van der Waals surface area contributed by atoms with E-state index in [0.29, 0.717) is 12.6 Å². The van der Waals surface area contributed by atoms with Crippen LogP contribution in [0, 0.1) is 5.41 Å². The van der Waals surface area contributed by atoms with Crippen molar-refractivity contribution in [3.05, 3.63) is 12.7 Å². The lowest BCUT2D eigenvalue weighted by atomic mass is 9.84. The standard InChI is InChI=1S/C12H24N2O/c1-3-7-14(8-9-15)10-12(2)6-4-5-11(12)13/h3,11,15H,1,4-10,13H2,2H3. The molecule has 0 saturated heterocycles. The van der Waals surface area contributed by atoms with E-state index in [0.717, 1.165) is 19.5 Å².